The third kappa shape index (κ3) is 1.79. The number of nitrogens with zero attached hydrogens (tertiary/aromatic N) is 4. The van der Waals surface area contributed by atoms with Crippen LogP contribution in [0.1, 0.15) is 16.9 Å². The quantitative estimate of drug-likeness (QED) is 0.832. The van der Waals surface area contributed by atoms with E-state index in [4.69, 9.17) is 0 Å². The molecule has 3 atom stereocenters. The molecule has 2 bridgehead atoms. The summed E-state index contributed by atoms with van der Waals surface area (Å²) in [6.45, 7) is 3.28. The molecule has 2 aliphatic heterocycles. The van der Waals surface area contributed by atoms with Crippen LogP contribution in [-0.4, -0.2) is 50.9 Å². The molecule has 0 spiro atoms. The SMILES string of the molecule is O=C(NC1CN2CC[C@H]1C2)c1cn2ccnc2cn1. The summed E-state index contributed by atoms with van der Waals surface area (Å²) in [6.07, 6.45) is 8.06. The molecule has 0 saturated carbocycles. The van der Waals surface area contributed by atoms with E-state index in [0.717, 1.165) is 18.7 Å². The Kier molecular flexibility index (Phi) is 2.32. The molecule has 1 N–H and O–H groups in total. The van der Waals surface area contributed by atoms with Crippen molar-refractivity contribution in [1.82, 2.24) is 24.6 Å². The van der Waals surface area contributed by atoms with Gasteiger partial charge in [-0.2, -0.15) is 0 Å². The maximum Gasteiger partial charge on any atom is 0.271 e. The molecule has 0 radical (unpaired) electrons. The van der Waals surface area contributed by atoms with Crippen LogP contribution in [0.5, 0.6) is 0 Å². The van der Waals surface area contributed by atoms with Crippen LogP contribution in [0.2, 0.25) is 0 Å². The highest BCUT2D eigenvalue weighted by Gasteiger charge is 2.38. The average molecular weight is 257 g/mol. The largest absolute Gasteiger partial charge is 0.346 e. The van der Waals surface area contributed by atoms with E-state index in [1.54, 1.807) is 18.6 Å². The van der Waals surface area contributed by atoms with Gasteiger partial charge in [0.1, 0.15) is 5.69 Å². The fourth-order valence-corrected chi connectivity index (χ4v) is 3.13. The van der Waals surface area contributed by atoms with Gasteiger partial charge in [-0.1, -0.05) is 0 Å². The van der Waals surface area contributed by atoms with Gasteiger partial charge in [0.2, 0.25) is 0 Å². The predicted octanol–water partition coefficient (Wildman–Crippen LogP) is 0.163. The number of carbonyl (C=O) groups excluding carboxylic acids is 1. The highest BCUT2D eigenvalue weighted by atomic mass is 16.2. The van der Waals surface area contributed by atoms with Gasteiger partial charge in [-0.3, -0.25) is 4.79 Å². The zero-order valence-corrected chi connectivity index (χ0v) is 10.5. The monoisotopic (exact) mass is 257 g/mol. The van der Waals surface area contributed by atoms with Crippen molar-refractivity contribution >= 4 is 11.6 Å². The Balaban J connectivity index is 1.53. The summed E-state index contributed by atoms with van der Waals surface area (Å²) in [5.41, 5.74) is 1.20. The van der Waals surface area contributed by atoms with Crippen molar-refractivity contribution in [2.24, 2.45) is 5.92 Å². The Morgan fingerprint density at radius 3 is 3.11 bits per heavy atom. The van der Waals surface area contributed by atoms with Crippen molar-refractivity contribution < 1.29 is 4.79 Å². The first-order chi connectivity index (χ1) is 9.29. The summed E-state index contributed by atoms with van der Waals surface area (Å²) < 4.78 is 1.81. The second-order valence-corrected chi connectivity index (χ2v) is 5.35. The van der Waals surface area contributed by atoms with Gasteiger partial charge in [0.15, 0.2) is 5.65 Å². The molecular weight excluding hydrogens is 242 g/mol. The maximum atomic E-state index is 12.2. The van der Waals surface area contributed by atoms with E-state index < -0.39 is 0 Å². The van der Waals surface area contributed by atoms with E-state index in [2.05, 4.69) is 20.2 Å². The lowest BCUT2D eigenvalue weighted by atomic mass is 10.00. The van der Waals surface area contributed by atoms with E-state index in [1.807, 2.05) is 10.6 Å². The molecule has 2 aliphatic rings. The molecule has 4 rings (SSSR count). The van der Waals surface area contributed by atoms with Gasteiger partial charge in [0.25, 0.3) is 5.91 Å². The van der Waals surface area contributed by atoms with Crippen LogP contribution >= 0.6 is 0 Å². The number of rotatable bonds is 2. The van der Waals surface area contributed by atoms with Gasteiger partial charge in [0.05, 0.1) is 6.20 Å². The molecule has 98 valence electrons. The third-order valence-electron chi connectivity index (χ3n) is 4.16. The van der Waals surface area contributed by atoms with Crippen LogP contribution in [0, 0.1) is 5.92 Å². The van der Waals surface area contributed by atoms with Crippen LogP contribution in [-0.2, 0) is 0 Å². The normalized spacial score (nSPS) is 28.9. The van der Waals surface area contributed by atoms with Crippen LogP contribution in [0.3, 0.4) is 0 Å². The van der Waals surface area contributed by atoms with Crippen molar-refractivity contribution in [3.63, 3.8) is 0 Å². The van der Waals surface area contributed by atoms with E-state index in [-0.39, 0.29) is 11.9 Å². The lowest BCUT2D eigenvalue weighted by molar-refractivity contribution is 0.0919. The number of hydrogen-bond acceptors (Lipinski definition) is 4. The van der Waals surface area contributed by atoms with Gasteiger partial charge >= 0.3 is 0 Å². The summed E-state index contributed by atoms with van der Waals surface area (Å²) in [6, 6.07) is 0.279. The average Bonchev–Trinajstić information content (AvgIpc) is 3.13. The van der Waals surface area contributed by atoms with E-state index >= 15 is 0 Å². The van der Waals surface area contributed by atoms with Crippen molar-refractivity contribution in [2.45, 2.75) is 12.5 Å². The molecule has 2 unspecified atom stereocenters. The molecule has 4 heterocycles. The number of carbonyl (C=O) groups is 1. The van der Waals surface area contributed by atoms with Gasteiger partial charge in [-0.25, -0.2) is 9.97 Å². The summed E-state index contributed by atoms with van der Waals surface area (Å²) in [5, 5.41) is 3.11. The number of imidazole rings is 1. The fraction of sp³-hybridized carbons (Fsp3) is 0.462. The Morgan fingerprint density at radius 1 is 1.37 bits per heavy atom. The zero-order valence-electron chi connectivity index (χ0n) is 10.5. The second kappa shape index (κ2) is 4.03. The first kappa shape index (κ1) is 10.9. The fourth-order valence-electron chi connectivity index (χ4n) is 3.13. The minimum absolute atomic E-state index is 0.0886. The standard InChI is InChI=1S/C13H15N5O/c19-13(16-10-7-17-3-1-9(10)6-17)11-8-18-4-2-14-12(18)5-15-11/h2,4-5,8-10H,1,3,6-7H2,(H,16,19)/t9-,10?/m0/s1. The third-order valence-corrected chi connectivity index (χ3v) is 4.16. The Hall–Kier alpha value is -1.95. The second-order valence-electron chi connectivity index (χ2n) is 5.35. The predicted molar refractivity (Wildman–Crippen MR) is 68.8 cm³/mol. The van der Waals surface area contributed by atoms with Crippen LogP contribution in [0.4, 0.5) is 0 Å². The summed E-state index contributed by atoms with van der Waals surface area (Å²) in [7, 11) is 0. The lowest BCUT2D eigenvalue weighted by Gasteiger charge is -2.22. The number of piperidine rings is 1. The number of fused-ring (bicyclic) bond motifs is 3. The molecule has 2 saturated heterocycles. The Labute approximate surface area is 110 Å². The Morgan fingerprint density at radius 2 is 2.32 bits per heavy atom. The van der Waals surface area contributed by atoms with Gasteiger partial charge < -0.3 is 14.6 Å². The number of amides is 1. The van der Waals surface area contributed by atoms with Gasteiger partial charge in [0, 0.05) is 37.7 Å². The molecule has 0 aromatic carbocycles. The highest BCUT2D eigenvalue weighted by Crippen LogP contribution is 2.27. The first-order valence-corrected chi connectivity index (χ1v) is 6.61. The number of nitrogens with one attached hydrogen (secondary N) is 1. The molecular formula is C13H15N5O. The molecule has 1 amide bonds. The van der Waals surface area contributed by atoms with E-state index in [9.17, 15) is 4.79 Å². The van der Waals surface area contributed by atoms with Gasteiger partial charge in [-0.05, 0) is 18.9 Å². The molecule has 2 aromatic heterocycles. The number of aromatic nitrogens is 3. The summed E-state index contributed by atoms with van der Waals surface area (Å²) in [4.78, 5) is 22.9. The van der Waals surface area contributed by atoms with Crippen molar-refractivity contribution in [3.05, 3.63) is 30.5 Å². The molecule has 0 aliphatic carbocycles. The molecule has 19 heavy (non-hydrogen) atoms. The first-order valence-electron chi connectivity index (χ1n) is 6.61. The lowest BCUT2D eigenvalue weighted by Crippen LogP contribution is -2.43. The van der Waals surface area contributed by atoms with Crippen molar-refractivity contribution in [1.29, 1.82) is 0 Å². The van der Waals surface area contributed by atoms with Gasteiger partial charge in [-0.15, -0.1) is 0 Å². The molecule has 6 nitrogen and oxygen atoms in total. The molecule has 2 aromatic rings. The minimum atomic E-state index is -0.0886. The topological polar surface area (TPSA) is 62.5 Å². The molecule has 2 fully saturated rings. The van der Waals surface area contributed by atoms with Crippen LogP contribution in [0.25, 0.3) is 5.65 Å². The maximum absolute atomic E-state index is 12.2. The van der Waals surface area contributed by atoms with Crippen LogP contribution in [0.15, 0.2) is 24.8 Å². The van der Waals surface area contributed by atoms with E-state index in [0.29, 0.717) is 11.6 Å². The van der Waals surface area contributed by atoms with Crippen molar-refractivity contribution in [2.75, 3.05) is 19.6 Å². The summed E-state index contributed by atoms with van der Waals surface area (Å²) in [5.74, 6) is 0.523. The molecule has 6 heteroatoms. The van der Waals surface area contributed by atoms with E-state index in [1.165, 1.54) is 13.0 Å². The zero-order chi connectivity index (χ0) is 12.8. The Bertz CT molecular complexity index is 637. The van der Waals surface area contributed by atoms with Crippen molar-refractivity contribution in [3.8, 4) is 0 Å². The highest BCUT2D eigenvalue weighted by molar-refractivity contribution is 5.92. The summed E-state index contributed by atoms with van der Waals surface area (Å²) >= 11 is 0. The minimum Gasteiger partial charge on any atom is -0.346 e. The van der Waals surface area contributed by atoms with Crippen LogP contribution < -0.4 is 5.32 Å². The smallest absolute Gasteiger partial charge is 0.271 e. The number of hydrogen-bond donors (Lipinski definition) is 1.